The zero-order valence-electron chi connectivity index (χ0n) is 15.8. The number of ketones is 1. The topological polar surface area (TPSA) is 95.3 Å². The largest absolute Gasteiger partial charge is 0.496 e. The summed E-state index contributed by atoms with van der Waals surface area (Å²) in [6, 6.07) is 10.1. The minimum atomic E-state index is -0.252. The summed E-state index contributed by atoms with van der Waals surface area (Å²) in [4.78, 5) is 33.5. The van der Waals surface area contributed by atoms with E-state index in [2.05, 4.69) is 15.3 Å². The van der Waals surface area contributed by atoms with Crippen LogP contribution in [0, 0.1) is 0 Å². The second-order valence-corrected chi connectivity index (χ2v) is 5.91. The van der Waals surface area contributed by atoms with Crippen molar-refractivity contribution in [1.82, 2.24) is 14.5 Å². The molecule has 0 bridgehead atoms. The highest BCUT2D eigenvalue weighted by molar-refractivity contribution is 6.03. The smallest absolute Gasteiger partial charge is 0.255 e. The lowest BCUT2D eigenvalue weighted by molar-refractivity contribution is 0.1000. The number of carbonyl (C=O) groups excluding carboxylic acids is 1. The standard InChI is InChI=1S/C20H20N4O4/c1-24-18(26)11-14(13-7-9-21-10-8-13)23-20(24)22-12-15(25)19-16(27-2)5-4-6-17(19)28-3/h4-11H,12H2,1-3H3,(H,22,23). The predicted octanol–water partition coefficient (Wildman–Crippen LogP) is 2.15. The van der Waals surface area contributed by atoms with E-state index in [-0.39, 0.29) is 23.8 Å². The molecule has 3 rings (SSSR count). The van der Waals surface area contributed by atoms with Crippen molar-refractivity contribution in [3.05, 3.63) is 64.7 Å². The molecule has 2 heterocycles. The van der Waals surface area contributed by atoms with Crippen molar-refractivity contribution in [3.8, 4) is 22.8 Å². The first-order valence-corrected chi connectivity index (χ1v) is 8.51. The van der Waals surface area contributed by atoms with E-state index >= 15 is 0 Å². The van der Waals surface area contributed by atoms with Crippen LogP contribution in [0.5, 0.6) is 11.5 Å². The second-order valence-electron chi connectivity index (χ2n) is 5.91. The number of nitrogens with zero attached hydrogens (tertiary/aromatic N) is 3. The summed E-state index contributed by atoms with van der Waals surface area (Å²) in [5.41, 5.74) is 1.34. The fourth-order valence-electron chi connectivity index (χ4n) is 2.74. The fourth-order valence-corrected chi connectivity index (χ4v) is 2.74. The van der Waals surface area contributed by atoms with Crippen LogP contribution < -0.4 is 20.3 Å². The maximum absolute atomic E-state index is 12.8. The molecule has 0 amide bonds. The van der Waals surface area contributed by atoms with Gasteiger partial charge in [0.2, 0.25) is 5.95 Å². The molecule has 0 fully saturated rings. The van der Waals surface area contributed by atoms with Gasteiger partial charge in [0.25, 0.3) is 5.56 Å². The fraction of sp³-hybridized carbons (Fsp3) is 0.200. The minimum absolute atomic E-state index is 0.0865. The van der Waals surface area contributed by atoms with Crippen molar-refractivity contribution in [3.63, 3.8) is 0 Å². The number of aromatic nitrogens is 3. The van der Waals surface area contributed by atoms with E-state index in [1.54, 1.807) is 49.8 Å². The number of nitrogens with one attached hydrogen (secondary N) is 1. The number of methoxy groups -OCH3 is 2. The number of Topliss-reactive ketones (excluding diaryl/α,β-unsaturated/α-hetero) is 1. The van der Waals surface area contributed by atoms with Crippen LogP contribution in [0.15, 0.2) is 53.6 Å². The zero-order valence-corrected chi connectivity index (χ0v) is 15.8. The lowest BCUT2D eigenvalue weighted by Crippen LogP contribution is -2.25. The Bertz CT molecular complexity index is 1030. The lowest BCUT2D eigenvalue weighted by Gasteiger charge is -2.14. The molecule has 0 aliphatic rings. The Kier molecular flexibility index (Phi) is 5.69. The highest BCUT2D eigenvalue weighted by Crippen LogP contribution is 2.28. The van der Waals surface area contributed by atoms with E-state index in [0.29, 0.717) is 22.8 Å². The molecule has 1 aromatic carbocycles. The van der Waals surface area contributed by atoms with Crippen LogP contribution in [0.1, 0.15) is 10.4 Å². The minimum Gasteiger partial charge on any atom is -0.496 e. The molecular formula is C20H20N4O4. The molecule has 0 atom stereocenters. The van der Waals surface area contributed by atoms with Crippen LogP contribution in [0.4, 0.5) is 5.95 Å². The molecule has 0 spiro atoms. The normalized spacial score (nSPS) is 10.4. The van der Waals surface area contributed by atoms with Crippen LogP contribution in [0.25, 0.3) is 11.3 Å². The van der Waals surface area contributed by atoms with Crippen LogP contribution >= 0.6 is 0 Å². The summed E-state index contributed by atoms with van der Waals surface area (Å²) in [6.07, 6.45) is 3.25. The van der Waals surface area contributed by atoms with E-state index in [0.717, 1.165) is 5.56 Å². The van der Waals surface area contributed by atoms with Gasteiger partial charge in [0.05, 0.1) is 26.5 Å². The summed E-state index contributed by atoms with van der Waals surface area (Å²) >= 11 is 0. The van der Waals surface area contributed by atoms with Crippen molar-refractivity contribution in [2.75, 3.05) is 26.1 Å². The first kappa shape index (κ1) is 19.1. The zero-order chi connectivity index (χ0) is 20.1. The number of rotatable bonds is 7. The van der Waals surface area contributed by atoms with Gasteiger partial charge in [-0.3, -0.25) is 19.1 Å². The Balaban J connectivity index is 1.88. The van der Waals surface area contributed by atoms with Gasteiger partial charge in [-0.05, 0) is 24.3 Å². The second kappa shape index (κ2) is 8.34. The van der Waals surface area contributed by atoms with Gasteiger partial charge in [-0.15, -0.1) is 0 Å². The molecule has 3 aromatic rings. The van der Waals surface area contributed by atoms with Crippen LogP contribution in [0.3, 0.4) is 0 Å². The van der Waals surface area contributed by atoms with Gasteiger partial charge in [0, 0.05) is 31.1 Å². The molecule has 0 saturated carbocycles. The molecule has 0 aliphatic heterocycles. The SMILES string of the molecule is COc1cccc(OC)c1C(=O)CNc1nc(-c2ccncc2)cc(=O)n1C. The average molecular weight is 380 g/mol. The number of hydrogen-bond acceptors (Lipinski definition) is 7. The number of hydrogen-bond donors (Lipinski definition) is 1. The quantitative estimate of drug-likeness (QED) is 0.628. The Labute approximate surface area is 161 Å². The molecule has 0 unspecified atom stereocenters. The van der Waals surface area contributed by atoms with Crippen molar-refractivity contribution in [2.24, 2.45) is 7.05 Å². The van der Waals surface area contributed by atoms with Crippen LogP contribution in [-0.2, 0) is 7.05 Å². The predicted molar refractivity (Wildman–Crippen MR) is 105 cm³/mol. The van der Waals surface area contributed by atoms with E-state index in [1.165, 1.54) is 24.9 Å². The third kappa shape index (κ3) is 3.85. The number of pyridine rings is 1. The Hall–Kier alpha value is -3.68. The monoisotopic (exact) mass is 380 g/mol. The first-order valence-electron chi connectivity index (χ1n) is 8.51. The highest BCUT2D eigenvalue weighted by atomic mass is 16.5. The lowest BCUT2D eigenvalue weighted by atomic mass is 10.1. The summed E-state index contributed by atoms with van der Waals surface area (Å²) in [5, 5.41) is 2.94. The summed E-state index contributed by atoms with van der Waals surface area (Å²) in [6.45, 7) is -0.0865. The highest BCUT2D eigenvalue weighted by Gasteiger charge is 2.18. The summed E-state index contributed by atoms with van der Waals surface area (Å²) < 4.78 is 11.9. The molecular weight excluding hydrogens is 360 g/mol. The Morgan fingerprint density at radius 3 is 2.36 bits per heavy atom. The van der Waals surface area contributed by atoms with Gasteiger partial charge in [-0.25, -0.2) is 4.98 Å². The third-order valence-electron chi connectivity index (χ3n) is 4.22. The molecule has 0 radical (unpaired) electrons. The van der Waals surface area contributed by atoms with Gasteiger partial charge in [0.15, 0.2) is 5.78 Å². The average Bonchev–Trinajstić information content (AvgIpc) is 2.74. The maximum Gasteiger partial charge on any atom is 0.255 e. The molecule has 1 N–H and O–H groups in total. The Morgan fingerprint density at radius 1 is 1.11 bits per heavy atom. The third-order valence-corrected chi connectivity index (χ3v) is 4.22. The Morgan fingerprint density at radius 2 is 1.75 bits per heavy atom. The van der Waals surface area contributed by atoms with Gasteiger partial charge < -0.3 is 14.8 Å². The van der Waals surface area contributed by atoms with Gasteiger partial charge >= 0.3 is 0 Å². The van der Waals surface area contributed by atoms with Crippen LogP contribution in [0.2, 0.25) is 0 Å². The molecule has 28 heavy (non-hydrogen) atoms. The maximum atomic E-state index is 12.8. The number of carbonyl (C=O) groups is 1. The summed E-state index contributed by atoms with van der Waals surface area (Å²) in [5.74, 6) is 0.858. The van der Waals surface area contributed by atoms with Crippen molar-refractivity contribution in [1.29, 1.82) is 0 Å². The van der Waals surface area contributed by atoms with E-state index in [1.807, 2.05) is 0 Å². The van der Waals surface area contributed by atoms with Gasteiger partial charge in [-0.1, -0.05) is 6.07 Å². The van der Waals surface area contributed by atoms with Gasteiger partial charge in [-0.2, -0.15) is 0 Å². The number of benzene rings is 1. The van der Waals surface area contributed by atoms with Gasteiger partial charge in [0.1, 0.15) is 17.1 Å². The molecule has 0 aliphatic carbocycles. The molecule has 0 saturated heterocycles. The first-order chi connectivity index (χ1) is 13.5. The van der Waals surface area contributed by atoms with E-state index in [4.69, 9.17) is 9.47 Å². The molecule has 2 aromatic heterocycles. The van der Waals surface area contributed by atoms with Crippen LogP contribution in [-0.4, -0.2) is 41.1 Å². The van der Waals surface area contributed by atoms with E-state index < -0.39 is 0 Å². The van der Waals surface area contributed by atoms with E-state index in [9.17, 15) is 9.59 Å². The number of anilines is 1. The molecule has 144 valence electrons. The molecule has 8 heteroatoms. The van der Waals surface area contributed by atoms with Crippen molar-refractivity contribution in [2.45, 2.75) is 0 Å². The number of ether oxygens (including phenoxy) is 2. The summed E-state index contributed by atoms with van der Waals surface area (Å²) in [7, 11) is 4.56. The van der Waals surface area contributed by atoms with Crippen molar-refractivity contribution >= 4 is 11.7 Å². The molecule has 8 nitrogen and oxygen atoms in total. The van der Waals surface area contributed by atoms with Crippen molar-refractivity contribution < 1.29 is 14.3 Å².